The molecular weight excluding hydrogens is 362 g/mol. The Morgan fingerprint density at radius 3 is 2.44 bits per heavy atom. The standard InChI is InChI=1S/C20H21N3O3S/c1-14-7-9-18(10-8-14)23-19(11-15(2)22-23)21-20(24)17-6-4-5-16(12-17)13-27(3,25)26/h4-12H,13H2,1-3H3,(H,21,24). The van der Waals surface area contributed by atoms with Crippen LogP contribution >= 0.6 is 0 Å². The normalized spacial score (nSPS) is 11.4. The average Bonchev–Trinajstić information content (AvgIpc) is 2.94. The zero-order chi connectivity index (χ0) is 19.6. The molecule has 140 valence electrons. The van der Waals surface area contributed by atoms with Crippen LogP contribution in [0, 0.1) is 13.8 Å². The summed E-state index contributed by atoms with van der Waals surface area (Å²) >= 11 is 0. The molecular formula is C20H21N3O3S. The van der Waals surface area contributed by atoms with Crippen molar-refractivity contribution in [3.8, 4) is 5.69 Å². The number of carbonyl (C=O) groups excluding carboxylic acids is 1. The van der Waals surface area contributed by atoms with Crippen LogP contribution < -0.4 is 5.32 Å². The molecule has 2 aromatic carbocycles. The van der Waals surface area contributed by atoms with Crippen LogP contribution in [0.4, 0.5) is 5.82 Å². The molecule has 3 aromatic rings. The fraction of sp³-hybridized carbons (Fsp3) is 0.200. The van der Waals surface area contributed by atoms with E-state index in [1.165, 1.54) is 6.26 Å². The molecule has 0 saturated carbocycles. The number of aryl methyl sites for hydroxylation is 2. The average molecular weight is 383 g/mol. The summed E-state index contributed by atoms with van der Waals surface area (Å²) < 4.78 is 24.7. The zero-order valence-corrected chi connectivity index (χ0v) is 16.2. The minimum absolute atomic E-state index is 0.103. The van der Waals surface area contributed by atoms with Gasteiger partial charge >= 0.3 is 0 Å². The summed E-state index contributed by atoms with van der Waals surface area (Å²) in [5, 5.41) is 7.31. The van der Waals surface area contributed by atoms with E-state index in [-0.39, 0.29) is 11.7 Å². The van der Waals surface area contributed by atoms with Crippen LogP contribution in [0.2, 0.25) is 0 Å². The molecule has 27 heavy (non-hydrogen) atoms. The van der Waals surface area contributed by atoms with Gasteiger partial charge in [0.2, 0.25) is 0 Å². The molecule has 0 radical (unpaired) electrons. The van der Waals surface area contributed by atoms with Gasteiger partial charge in [0, 0.05) is 17.9 Å². The van der Waals surface area contributed by atoms with E-state index in [2.05, 4.69) is 10.4 Å². The Balaban J connectivity index is 1.87. The molecule has 0 bridgehead atoms. The third-order valence-corrected chi connectivity index (χ3v) is 4.83. The second-order valence-corrected chi connectivity index (χ2v) is 8.78. The molecule has 0 unspecified atom stereocenters. The van der Waals surface area contributed by atoms with E-state index in [0.29, 0.717) is 16.9 Å². The zero-order valence-electron chi connectivity index (χ0n) is 15.4. The molecule has 1 heterocycles. The Hall–Kier alpha value is -2.93. The van der Waals surface area contributed by atoms with Crippen molar-refractivity contribution >= 4 is 21.6 Å². The lowest BCUT2D eigenvalue weighted by atomic mass is 10.1. The van der Waals surface area contributed by atoms with Crippen LogP contribution in [-0.4, -0.2) is 30.4 Å². The number of aromatic nitrogens is 2. The van der Waals surface area contributed by atoms with E-state index in [9.17, 15) is 13.2 Å². The molecule has 1 aromatic heterocycles. The number of benzene rings is 2. The lowest BCUT2D eigenvalue weighted by Gasteiger charge is -2.10. The predicted octanol–water partition coefficient (Wildman–Crippen LogP) is 3.29. The maximum absolute atomic E-state index is 12.7. The van der Waals surface area contributed by atoms with Gasteiger partial charge in [0.05, 0.1) is 17.1 Å². The van der Waals surface area contributed by atoms with Crippen LogP contribution in [0.5, 0.6) is 0 Å². The maximum atomic E-state index is 12.7. The molecule has 6 nitrogen and oxygen atoms in total. The highest BCUT2D eigenvalue weighted by Gasteiger charge is 2.14. The Morgan fingerprint density at radius 2 is 1.78 bits per heavy atom. The van der Waals surface area contributed by atoms with Crippen molar-refractivity contribution in [2.75, 3.05) is 11.6 Å². The van der Waals surface area contributed by atoms with Crippen molar-refractivity contribution in [2.45, 2.75) is 19.6 Å². The van der Waals surface area contributed by atoms with Gasteiger partial charge in [-0.15, -0.1) is 0 Å². The molecule has 1 amide bonds. The summed E-state index contributed by atoms with van der Waals surface area (Å²) in [4.78, 5) is 12.7. The molecule has 0 aliphatic heterocycles. The number of nitrogens with zero attached hydrogens (tertiary/aromatic N) is 2. The van der Waals surface area contributed by atoms with Gasteiger partial charge in [-0.25, -0.2) is 13.1 Å². The molecule has 3 rings (SSSR count). The highest BCUT2D eigenvalue weighted by Crippen LogP contribution is 2.19. The number of nitrogens with one attached hydrogen (secondary N) is 1. The van der Waals surface area contributed by atoms with Crippen LogP contribution in [0.1, 0.15) is 27.2 Å². The van der Waals surface area contributed by atoms with Gasteiger partial charge in [0.25, 0.3) is 5.91 Å². The van der Waals surface area contributed by atoms with Gasteiger partial charge in [0.1, 0.15) is 5.82 Å². The quantitative estimate of drug-likeness (QED) is 0.733. The monoisotopic (exact) mass is 383 g/mol. The molecule has 0 atom stereocenters. The first-order valence-electron chi connectivity index (χ1n) is 8.43. The number of anilines is 1. The number of sulfone groups is 1. The van der Waals surface area contributed by atoms with Crippen LogP contribution in [-0.2, 0) is 15.6 Å². The third-order valence-electron chi connectivity index (χ3n) is 3.97. The molecule has 7 heteroatoms. The minimum Gasteiger partial charge on any atom is -0.306 e. The number of carbonyl (C=O) groups is 1. The fourth-order valence-corrected chi connectivity index (χ4v) is 3.55. The Kier molecular flexibility index (Phi) is 5.14. The van der Waals surface area contributed by atoms with Gasteiger partial charge in [0.15, 0.2) is 9.84 Å². The van der Waals surface area contributed by atoms with Gasteiger partial charge in [-0.2, -0.15) is 5.10 Å². The topological polar surface area (TPSA) is 81.1 Å². The molecule has 0 saturated heterocycles. The van der Waals surface area contributed by atoms with Crippen molar-refractivity contribution in [3.63, 3.8) is 0 Å². The van der Waals surface area contributed by atoms with Crippen LogP contribution in [0.3, 0.4) is 0 Å². The Labute approximate surface area is 158 Å². The van der Waals surface area contributed by atoms with Gasteiger partial charge in [-0.1, -0.05) is 29.8 Å². The van der Waals surface area contributed by atoms with Crippen LogP contribution in [0.15, 0.2) is 54.6 Å². The van der Waals surface area contributed by atoms with E-state index < -0.39 is 9.84 Å². The summed E-state index contributed by atoms with van der Waals surface area (Å²) in [6.07, 6.45) is 1.17. The van der Waals surface area contributed by atoms with E-state index in [1.807, 2.05) is 38.1 Å². The van der Waals surface area contributed by atoms with E-state index in [4.69, 9.17) is 0 Å². The van der Waals surface area contributed by atoms with Crippen LogP contribution in [0.25, 0.3) is 5.69 Å². The van der Waals surface area contributed by atoms with Crippen molar-refractivity contribution < 1.29 is 13.2 Å². The highest BCUT2D eigenvalue weighted by molar-refractivity contribution is 7.89. The van der Waals surface area contributed by atoms with Gasteiger partial charge < -0.3 is 5.32 Å². The third kappa shape index (κ3) is 4.83. The first-order valence-corrected chi connectivity index (χ1v) is 10.5. The molecule has 0 aliphatic carbocycles. The van der Waals surface area contributed by atoms with Crippen molar-refractivity contribution in [2.24, 2.45) is 0 Å². The smallest absolute Gasteiger partial charge is 0.256 e. The number of rotatable bonds is 5. The summed E-state index contributed by atoms with van der Waals surface area (Å²) in [7, 11) is -3.17. The molecule has 0 fully saturated rings. The maximum Gasteiger partial charge on any atom is 0.256 e. The predicted molar refractivity (Wildman–Crippen MR) is 106 cm³/mol. The largest absolute Gasteiger partial charge is 0.306 e. The number of hydrogen-bond acceptors (Lipinski definition) is 4. The summed E-state index contributed by atoms with van der Waals surface area (Å²) in [5.41, 5.74) is 3.72. The summed E-state index contributed by atoms with van der Waals surface area (Å²) in [6, 6.07) is 16.2. The molecule has 1 N–H and O–H groups in total. The fourth-order valence-electron chi connectivity index (χ4n) is 2.76. The number of amides is 1. The Bertz CT molecular complexity index is 1080. The second-order valence-electron chi connectivity index (χ2n) is 6.64. The Morgan fingerprint density at radius 1 is 1.07 bits per heavy atom. The van der Waals surface area contributed by atoms with E-state index in [0.717, 1.165) is 16.9 Å². The van der Waals surface area contributed by atoms with Crippen molar-refractivity contribution in [3.05, 3.63) is 77.0 Å². The first kappa shape index (κ1) is 18.8. The summed E-state index contributed by atoms with van der Waals surface area (Å²) in [5.74, 6) is 0.127. The highest BCUT2D eigenvalue weighted by atomic mass is 32.2. The number of hydrogen-bond donors (Lipinski definition) is 1. The van der Waals surface area contributed by atoms with E-state index >= 15 is 0 Å². The molecule has 0 aliphatic rings. The first-order chi connectivity index (χ1) is 12.7. The SMILES string of the molecule is Cc1ccc(-n2nc(C)cc2NC(=O)c2cccc(CS(C)(=O)=O)c2)cc1. The van der Waals surface area contributed by atoms with Gasteiger partial charge in [-0.3, -0.25) is 4.79 Å². The summed E-state index contributed by atoms with van der Waals surface area (Å²) in [6.45, 7) is 3.86. The van der Waals surface area contributed by atoms with Crippen molar-refractivity contribution in [1.29, 1.82) is 0 Å². The lowest BCUT2D eigenvalue weighted by Crippen LogP contribution is -2.15. The van der Waals surface area contributed by atoms with E-state index in [1.54, 1.807) is 35.0 Å². The lowest BCUT2D eigenvalue weighted by molar-refractivity contribution is 0.102. The second kappa shape index (κ2) is 7.36. The van der Waals surface area contributed by atoms with Crippen molar-refractivity contribution in [1.82, 2.24) is 9.78 Å². The minimum atomic E-state index is -3.17. The van der Waals surface area contributed by atoms with Gasteiger partial charge in [-0.05, 0) is 43.7 Å². The molecule has 0 spiro atoms.